The number of hydrogen-bond donors (Lipinski definition) is 0. The Labute approximate surface area is 113 Å². The maximum Gasteiger partial charge on any atom is 0.234 e. The van der Waals surface area contributed by atoms with E-state index >= 15 is 0 Å². The zero-order valence-electron chi connectivity index (χ0n) is 10.2. The Morgan fingerprint density at radius 3 is 2.35 bits per heavy atom. The minimum atomic E-state index is -0.826. The molecule has 0 saturated heterocycles. The molecule has 2 aromatic rings. The number of carbonyl (C=O) groups is 2. The number of halogens is 2. The van der Waals surface area contributed by atoms with Crippen molar-refractivity contribution in [3.8, 4) is 0 Å². The molecule has 2 aromatic carbocycles. The van der Waals surface area contributed by atoms with Crippen LogP contribution < -0.4 is 0 Å². The Balaban J connectivity index is 2.24. The van der Waals surface area contributed by atoms with E-state index < -0.39 is 23.2 Å². The first-order chi connectivity index (χ1) is 9.58. The largest absolute Gasteiger partial charge is 0.285 e. The van der Waals surface area contributed by atoms with Gasteiger partial charge in [0.1, 0.15) is 11.6 Å². The number of fused-ring (bicyclic) bond motifs is 1. The van der Waals surface area contributed by atoms with Crippen molar-refractivity contribution in [1.29, 1.82) is 0 Å². The molecule has 1 aliphatic carbocycles. The number of ketones is 2. The standard InChI is InChI=1S/C16H8F2O2/c17-10-5-6-14(18)12(8-10)13-7-9-3-1-2-4-11(9)15(19)16(13)20/h1-8H. The molecule has 3 rings (SSSR count). The van der Waals surface area contributed by atoms with Gasteiger partial charge in [-0.1, -0.05) is 24.3 Å². The molecule has 98 valence electrons. The van der Waals surface area contributed by atoms with Crippen molar-refractivity contribution < 1.29 is 18.4 Å². The van der Waals surface area contributed by atoms with Crippen molar-refractivity contribution in [2.75, 3.05) is 0 Å². The Bertz CT molecular complexity index is 776. The van der Waals surface area contributed by atoms with E-state index in [9.17, 15) is 18.4 Å². The van der Waals surface area contributed by atoms with Crippen molar-refractivity contribution in [3.05, 3.63) is 70.8 Å². The van der Waals surface area contributed by atoms with Crippen LogP contribution in [-0.4, -0.2) is 11.6 Å². The van der Waals surface area contributed by atoms with Gasteiger partial charge in [0.15, 0.2) is 0 Å². The van der Waals surface area contributed by atoms with Crippen molar-refractivity contribution in [2.24, 2.45) is 0 Å². The molecular formula is C16H8F2O2. The van der Waals surface area contributed by atoms with Crippen molar-refractivity contribution in [2.45, 2.75) is 0 Å². The number of benzene rings is 2. The second-order valence-electron chi connectivity index (χ2n) is 4.43. The highest BCUT2D eigenvalue weighted by molar-refractivity contribution is 6.61. The van der Waals surface area contributed by atoms with Gasteiger partial charge < -0.3 is 0 Å². The summed E-state index contributed by atoms with van der Waals surface area (Å²) in [6.07, 6.45) is 1.41. The van der Waals surface area contributed by atoms with E-state index in [0.717, 1.165) is 18.2 Å². The summed E-state index contributed by atoms with van der Waals surface area (Å²) in [5, 5.41) is 0. The average molecular weight is 270 g/mol. The molecule has 0 fully saturated rings. The summed E-state index contributed by atoms with van der Waals surface area (Å²) in [6.45, 7) is 0. The number of carbonyl (C=O) groups excluding carboxylic acids is 2. The fourth-order valence-corrected chi connectivity index (χ4v) is 2.20. The van der Waals surface area contributed by atoms with Crippen LogP contribution in [0.2, 0.25) is 0 Å². The minimum Gasteiger partial charge on any atom is -0.285 e. The van der Waals surface area contributed by atoms with Gasteiger partial charge in [-0.25, -0.2) is 8.78 Å². The minimum absolute atomic E-state index is 0.120. The maximum atomic E-state index is 13.8. The second-order valence-corrected chi connectivity index (χ2v) is 4.43. The number of rotatable bonds is 1. The molecule has 0 amide bonds. The summed E-state index contributed by atoms with van der Waals surface area (Å²) < 4.78 is 27.0. The first-order valence-corrected chi connectivity index (χ1v) is 5.93. The predicted molar refractivity (Wildman–Crippen MR) is 70.0 cm³/mol. The van der Waals surface area contributed by atoms with Crippen molar-refractivity contribution >= 4 is 23.2 Å². The van der Waals surface area contributed by atoms with Crippen LogP contribution in [0.25, 0.3) is 11.6 Å². The lowest BCUT2D eigenvalue weighted by Crippen LogP contribution is -2.21. The summed E-state index contributed by atoms with van der Waals surface area (Å²) >= 11 is 0. The van der Waals surface area contributed by atoms with Gasteiger partial charge in [0.05, 0.1) is 0 Å². The normalized spacial score (nSPS) is 14.0. The van der Waals surface area contributed by atoms with Crippen LogP contribution in [0.4, 0.5) is 8.78 Å². The van der Waals surface area contributed by atoms with Crippen LogP contribution in [0.15, 0.2) is 42.5 Å². The summed E-state index contributed by atoms with van der Waals surface area (Å²) in [5.74, 6) is -2.94. The third kappa shape index (κ3) is 1.86. The van der Waals surface area contributed by atoms with Gasteiger partial charge in [-0.05, 0) is 29.8 Å². The van der Waals surface area contributed by atoms with Crippen LogP contribution in [0, 0.1) is 11.6 Å². The molecule has 0 spiro atoms. The van der Waals surface area contributed by atoms with Crippen molar-refractivity contribution in [1.82, 2.24) is 0 Å². The van der Waals surface area contributed by atoms with E-state index in [2.05, 4.69) is 0 Å². The first-order valence-electron chi connectivity index (χ1n) is 5.93. The molecule has 0 N–H and O–H groups in total. The van der Waals surface area contributed by atoms with E-state index in [1.807, 2.05) is 0 Å². The molecule has 0 heterocycles. The van der Waals surface area contributed by atoms with Gasteiger partial charge in [-0.15, -0.1) is 0 Å². The summed E-state index contributed by atoms with van der Waals surface area (Å²) in [7, 11) is 0. The van der Waals surface area contributed by atoms with Gasteiger partial charge in [-0.3, -0.25) is 9.59 Å². The zero-order chi connectivity index (χ0) is 14.3. The van der Waals surface area contributed by atoms with Gasteiger partial charge in [0, 0.05) is 16.7 Å². The molecule has 1 aliphatic rings. The highest BCUT2D eigenvalue weighted by Gasteiger charge is 2.29. The Morgan fingerprint density at radius 2 is 1.55 bits per heavy atom. The quantitative estimate of drug-likeness (QED) is 0.745. The van der Waals surface area contributed by atoms with E-state index in [1.165, 1.54) is 12.1 Å². The SMILES string of the molecule is O=C1C(=O)c2ccccc2C=C1c1cc(F)ccc1F. The maximum absolute atomic E-state index is 13.8. The fraction of sp³-hybridized carbons (Fsp3) is 0. The number of Topliss-reactive ketones (excluding diaryl/α,β-unsaturated/α-hetero) is 2. The molecule has 4 heteroatoms. The van der Waals surface area contributed by atoms with Crippen LogP contribution >= 0.6 is 0 Å². The Hall–Kier alpha value is -2.62. The summed E-state index contributed by atoms with van der Waals surface area (Å²) in [4.78, 5) is 24.0. The molecule has 0 aliphatic heterocycles. The lowest BCUT2D eigenvalue weighted by Gasteiger charge is -2.15. The molecule has 0 bridgehead atoms. The van der Waals surface area contributed by atoms with Crippen molar-refractivity contribution in [3.63, 3.8) is 0 Å². The van der Waals surface area contributed by atoms with Gasteiger partial charge >= 0.3 is 0 Å². The second kappa shape index (κ2) is 4.49. The molecule has 0 atom stereocenters. The van der Waals surface area contributed by atoms with Crippen LogP contribution in [0.5, 0.6) is 0 Å². The van der Waals surface area contributed by atoms with E-state index in [4.69, 9.17) is 0 Å². The lowest BCUT2D eigenvalue weighted by molar-refractivity contribution is -0.110. The molecule has 2 nitrogen and oxygen atoms in total. The summed E-state index contributed by atoms with van der Waals surface area (Å²) in [5.41, 5.74) is 0.484. The van der Waals surface area contributed by atoms with Crippen LogP contribution in [0.3, 0.4) is 0 Å². The number of hydrogen-bond acceptors (Lipinski definition) is 2. The molecule has 20 heavy (non-hydrogen) atoms. The fourth-order valence-electron chi connectivity index (χ4n) is 2.20. The number of allylic oxidation sites excluding steroid dienone is 1. The van der Waals surface area contributed by atoms with Gasteiger partial charge in [0.25, 0.3) is 0 Å². The Morgan fingerprint density at radius 1 is 0.800 bits per heavy atom. The molecule has 0 radical (unpaired) electrons. The third-order valence-electron chi connectivity index (χ3n) is 3.17. The van der Waals surface area contributed by atoms with E-state index in [-0.39, 0.29) is 16.7 Å². The monoisotopic (exact) mass is 270 g/mol. The first kappa shape index (κ1) is 12.4. The zero-order valence-corrected chi connectivity index (χ0v) is 10.2. The molecule has 0 aromatic heterocycles. The highest BCUT2D eigenvalue weighted by atomic mass is 19.1. The van der Waals surface area contributed by atoms with Gasteiger partial charge in [0.2, 0.25) is 11.6 Å². The summed E-state index contributed by atoms with van der Waals surface area (Å²) in [6, 6.07) is 9.34. The topological polar surface area (TPSA) is 34.1 Å². The van der Waals surface area contributed by atoms with E-state index in [0.29, 0.717) is 5.56 Å². The molecule has 0 unspecified atom stereocenters. The average Bonchev–Trinajstić information content (AvgIpc) is 2.46. The molecular weight excluding hydrogens is 262 g/mol. The van der Waals surface area contributed by atoms with Crippen LogP contribution in [-0.2, 0) is 4.79 Å². The van der Waals surface area contributed by atoms with Crippen LogP contribution in [0.1, 0.15) is 21.5 Å². The highest BCUT2D eigenvalue weighted by Crippen LogP contribution is 2.29. The molecule has 0 saturated carbocycles. The van der Waals surface area contributed by atoms with Gasteiger partial charge in [-0.2, -0.15) is 0 Å². The predicted octanol–water partition coefficient (Wildman–Crippen LogP) is 3.27. The third-order valence-corrected chi connectivity index (χ3v) is 3.17. The van der Waals surface area contributed by atoms with E-state index in [1.54, 1.807) is 18.2 Å². The lowest BCUT2D eigenvalue weighted by atomic mass is 9.86. The smallest absolute Gasteiger partial charge is 0.234 e. The Kier molecular flexibility index (Phi) is 2.79.